The van der Waals surface area contributed by atoms with Gasteiger partial charge in [-0.3, -0.25) is 4.79 Å². The smallest absolute Gasteiger partial charge is 0.255 e. The quantitative estimate of drug-likeness (QED) is 0.802. The van der Waals surface area contributed by atoms with Crippen molar-refractivity contribution in [1.29, 1.82) is 0 Å². The molecule has 22 heavy (non-hydrogen) atoms. The largest absolute Gasteiger partial charge is 0.346 e. The molecular weight excluding hydrogens is 298 g/mol. The van der Waals surface area contributed by atoms with Crippen LogP contribution in [0.5, 0.6) is 0 Å². The molecule has 0 fully saturated rings. The third-order valence-corrected chi connectivity index (χ3v) is 4.04. The highest BCUT2D eigenvalue weighted by Crippen LogP contribution is 2.13. The van der Waals surface area contributed by atoms with Crippen molar-refractivity contribution >= 4 is 17.2 Å². The molecule has 112 valence electrons. The average Bonchev–Trinajstić information content (AvgIpc) is 3.12. The van der Waals surface area contributed by atoms with E-state index in [0.717, 1.165) is 16.4 Å². The number of amides is 1. The maximum Gasteiger partial charge on any atom is 0.255 e. The van der Waals surface area contributed by atoms with Crippen molar-refractivity contribution in [2.45, 2.75) is 20.4 Å². The van der Waals surface area contributed by atoms with Crippen molar-refractivity contribution in [3.05, 3.63) is 57.9 Å². The number of thiazole rings is 1. The molecule has 0 unspecified atom stereocenters. The van der Waals surface area contributed by atoms with Gasteiger partial charge in [-0.05, 0) is 26.0 Å². The standard InChI is InChI=1S/C15H15N5OS/c1-10-13(8-18-20(10)14-5-3-4-6-16-14)15(21)17-7-12-9-22-11(2)19-12/h3-6,8-9H,7H2,1-2H3,(H,17,21). The van der Waals surface area contributed by atoms with E-state index in [1.807, 2.05) is 37.4 Å². The second kappa shape index (κ2) is 6.07. The number of carbonyl (C=O) groups is 1. The monoisotopic (exact) mass is 313 g/mol. The lowest BCUT2D eigenvalue weighted by Crippen LogP contribution is -2.23. The lowest BCUT2D eigenvalue weighted by molar-refractivity contribution is 0.0950. The third-order valence-electron chi connectivity index (χ3n) is 3.22. The van der Waals surface area contributed by atoms with Gasteiger partial charge in [0.25, 0.3) is 5.91 Å². The van der Waals surface area contributed by atoms with Crippen LogP contribution >= 0.6 is 11.3 Å². The Morgan fingerprint density at radius 3 is 2.91 bits per heavy atom. The van der Waals surface area contributed by atoms with Crippen molar-refractivity contribution in [2.75, 3.05) is 0 Å². The van der Waals surface area contributed by atoms with Crippen LogP contribution in [0.25, 0.3) is 5.82 Å². The Labute approximate surface area is 131 Å². The summed E-state index contributed by atoms with van der Waals surface area (Å²) >= 11 is 1.57. The molecule has 0 radical (unpaired) electrons. The number of carbonyl (C=O) groups excluding carboxylic acids is 1. The molecule has 0 spiro atoms. The van der Waals surface area contributed by atoms with Gasteiger partial charge in [0.2, 0.25) is 0 Å². The maximum atomic E-state index is 12.3. The second-order valence-electron chi connectivity index (χ2n) is 4.78. The Balaban J connectivity index is 1.75. The Morgan fingerprint density at radius 1 is 1.36 bits per heavy atom. The van der Waals surface area contributed by atoms with E-state index in [1.54, 1.807) is 28.4 Å². The summed E-state index contributed by atoms with van der Waals surface area (Å²) in [6.07, 6.45) is 3.26. The highest BCUT2D eigenvalue weighted by molar-refractivity contribution is 7.09. The Morgan fingerprint density at radius 2 is 2.23 bits per heavy atom. The summed E-state index contributed by atoms with van der Waals surface area (Å²) in [5, 5.41) is 10.0. The molecule has 7 heteroatoms. The normalized spacial score (nSPS) is 10.6. The molecule has 3 aromatic heterocycles. The molecular formula is C15H15N5OS. The van der Waals surface area contributed by atoms with Crippen molar-refractivity contribution in [3.8, 4) is 5.82 Å². The third kappa shape index (κ3) is 2.89. The first-order valence-corrected chi connectivity index (χ1v) is 7.68. The first-order valence-electron chi connectivity index (χ1n) is 6.80. The van der Waals surface area contributed by atoms with Crippen LogP contribution in [0.2, 0.25) is 0 Å². The minimum Gasteiger partial charge on any atom is -0.346 e. The minimum absolute atomic E-state index is 0.162. The highest BCUT2D eigenvalue weighted by Gasteiger charge is 2.15. The van der Waals surface area contributed by atoms with Gasteiger partial charge in [0, 0.05) is 11.6 Å². The molecule has 1 N–H and O–H groups in total. The van der Waals surface area contributed by atoms with Gasteiger partial charge in [-0.15, -0.1) is 11.3 Å². The SMILES string of the molecule is Cc1nc(CNC(=O)c2cnn(-c3ccccn3)c2C)cs1. The van der Waals surface area contributed by atoms with Crippen molar-refractivity contribution in [1.82, 2.24) is 25.1 Å². The number of rotatable bonds is 4. The molecule has 0 aromatic carbocycles. The van der Waals surface area contributed by atoms with Crippen LogP contribution in [0.3, 0.4) is 0 Å². The molecule has 3 rings (SSSR count). The lowest BCUT2D eigenvalue weighted by Gasteiger charge is -2.05. The van der Waals surface area contributed by atoms with Gasteiger partial charge in [-0.1, -0.05) is 6.07 Å². The van der Waals surface area contributed by atoms with Gasteiger partial charge in [-0.25, -0.2) is 14.6 Å². The molecule has 0 atom stereocenters. The fourth-order valence-electron chi connectivity index (χ4n) is 2.10. The summed E-state index contributed by atoms with van der Waals surface area (Å²) in [7, 11) is 0. The van der Waals surface area contributed by atoms with Crippen molar-refractivity contribution in [3.63, 3.8) is 0 Å². The van der Waals surface area contributed by atoms with Gasteiger partial charge >= 0.3 is 0 Å². The average molecular weight is 313 g/mol. The summed E-state index contributed by atoms with van der Waals surface area (Å²) in [4.78, 5) is 20.8. The second-order valence-corrected chi connectivity index (χ2v) is 5.85. The fourth-order valence-corrected chi connectivity index (χ4v) is 2.71. The van der Waals surface area contributed by atoms with Crippen molar-refractivity contribution < 1.29 is 4.79 Å². The fraction of sp³-hybridized carbons (Fsp3) is 0.200. The summed E-state index contributed by atoms with van der Waals surface area (Å²) in [6, 6.07) is 5.57. The molecule has 3 heterocycles. The topological polar surface area (TPSA) is 72.7 Å². The Hall–Kier alpha value is -2.54. The maximum absolute atomic E-state index is 12.3. The lowest BCUT2D eigenvalue weighted by atomic mass is 10.2. The Bertz CT molecular complexity index is 793. The van der Waals surface area contributed by atoms with E-state index in [0.29, 0.717) is 17.9 Å². The first-order chi connectivity index (χ1) is 10.6. The zero-order valence-corrected chi connectivity index (χ0v) is 13.1. The zero-order valence-electron chi connectivity index (χ0n) is 12.3. The van der Waals surface area contributed by atoms with Gasteiger partial charge in [-0.2, -0.15) is 5.10 Å². The number of nitrogens with zero attached hydrogens (tertiary/aromatic N) is 4. The molecule has 0 aliphatic carbocycles. The molecule has 0 aliphatic heterocycles. The van der Waals surface area contributed by atoms with Gasteiger partial charge in [0.1, 0.15) is 0 Å². The number of aryl methyl sites for hydroxylation is 1. The van der Waals surface area contributed by atoms with E-state index in [1.165, 1.54) is 0 Å². The van der Waals surface area contributed by atoms with Crippen LogP contribution in [-0.4, -0.2) is 25.7 Å². The minimum atomic E-state index is -0.162. The number of hydrogen-bond acceptors (Lipinski definition) is 5. The summed E-state index contributed by atoms with van der Waals surface area (Å²) in [5.74, 6) is 0.527. The van der Waals surface area contributed by atoms with E-state index < -0.39 is 0 Å². The molecule has 0 bridgehead atoms. The molecule has 0 saturated carbocycles. The van der Waals surface area contributed by atoms with Gasteiger partial charge in [0.15, 0.2) is 5.82 Å². The van der Waals surface area contributed by atoms with Gasteiger partial charge < -0.3 is 5.32 Å². The number of pyridine rings is 1. The molecule has 0 aliphatic rings. The molecule has 0 saturated heterocycles. The summed E-state index contributed by atoms with van der Waals surface area (Å²) in [6.45, 7) is 4.21. The number of aromatic nitrogens is 4. The van der Waals surface area contributed by atoms with Crippen LogP contribution in [0.15, 0.2) is 36.0 Å². The van der Waals surface area contributed by atoms with Crippen LogP contribution < -0.4 is 5.32 Å². The molecule has 1 amide bonds. The van der Waals surface area contributed by atoms with E-state index in [-0.39, 0.29) is 5.91 Å². The van der Waals surface area contributed by atoms with Crippen LogP contribution in [0.1, 0.15) is 26.8 Å². The Kier molecular flexibility index (Phi) is 3.97. The summed E-state index contributed by atoms with van der Waals surface area (Å²) < 4.78 is 1.65. The van der Waals surface area contributed by atoms with E-state index in [2.05, 4.69) is 20.4 Å². The van der Waals surface area contributed by atoms with E-state index in [9.17, 15) is 4.79 Å². The highest BCUT2D eigenvalue weighted by atomic mass is 32.1. The zero-order chi connectivity index (χ0) is 15.5. The molecule has 6 nitrogen and oxygen atoms in total. The van der Waals surface area contributed by atoms with Gasteiger partial charge in [0.05, 0.1) is 34.7 Å². The van der Waals surface area contributed by atoms with Crippen LogP contribution in [0, 0.1) is 13.8 Å². The van der Waals surface area contributed by atoms with Crippen LogP contribution in [0.4, 0.5) is 0 Å². The van der Waals surface area contributed by atoms with Crippen molar-refractivity contribution in [2.24, 2.45) is 0 Å². The first kappa shape index (κ1) is 14.4. The van der Waals surface area contributed by atoms with E-state index >= 15 is 0 Å². The summed E-state index contributed by atoms with van der Waals surface area (Å²) in [5.41, 5.74) is 2.16. The predicted octanol–water partition coefficient (Wildman–Crippen LogP) is 2.27. The number of nitrogens with one attached hydrogen (secondary N) is 1. The van der Waals surface area contributed by atoms with E-state index in [4.69, 9.17) is 0 Å². The van der Waals surface area contributed by atoms with Crippen LogP contribution in [-0.2, 0) is 6.54 Å². The predicted molar refractivity (Wildman–Crippen MR) is 84.1 cm³/mol. The number of hydrogen-bond donors (Lipinski definition) is 1. The molecule has 3 aromatic rings.